The number of hydrogen-bond donors (Lipinski definition) is 2. The van der Waals surface area contributed by atoms with Gasteiger partial charge in [0.15, 0.2) is 0 Å². The van der Waals surface area contributed by atoms with Gasteiger partial charge in [0.1, 0.15) is 11.9 Å². The lowest BCUT2D eigenvalue weighted by atomic mass is 10.0. The van der Waals surface area contributed by atoms with E-state index < -0.39 is 0 Å². The zero-order valence-electron chi connectivity index (χ0n) is 21.6. The van der Waals surface area contributed by atoms with Gasteiger partial charge in [0, 0.05) is 37.0 Å². The second kappa shape index (κ2) is 10.6. The molecule has 5 rings (SSSR count). The summed E-state index contributed by atoms with van der Waals surface area (Å²) in [4.78, 5) is 36.5. The number of piperidine rings is 1. The van der Waals surface area contributed by atoms with Crippen LogP contribution >= 0.6 is 0 Å². The van der Waals surface area contributed by atoms with Crippen LogP contribution in [0.25, 0.3) is 0 Å². The molecule has 0 saturated carbocycles. The maximum Gasteiger partial charge on any atom is 0.251 e. The molecule has 1 unspecified atom stereocenters. The number of nitrogens with zero attached hydrogens (tertiary/aromatic N) is 4. The van der Waals surface area contributed by atoms with Gasteiger partial charge in [0.25, 0.3) is 5.91 Å². The molecule has 8 heteroatoms. The standard InChI is InChI=1S/C29H34N6O2/c1-20-29(37)34(3)26-18-30-27(17-25(26)35(20)19-21-8-5-4-6-9-21)31-24-11-7-10-22(16-24)28(36)32-23-12-14-33(2)15-13-23/h4-11,16-18,20,23H,12-15,19H2,1-3H3,(H,30,31)(H,32,36). The molecule has 8 nitrogen and oxygen atoms in total. The summed E-state index contributed by atoms with van der Waals surface area (Å²) in [6.45, 7) is 4.55. The van der Waals surface area contributed by atoms with Gasteiger partial charge in [-0.05, 0) is 63.7 Å². The van der Waals surface area contributed by atoms with Crippen LogP contribution < -0.4 is 20.4 Å². The highest BCUT2D eigenvalue weighted by molar-refractivity contribution is 6.05. The highest BCUT2D eigenvalue weighted by Crippen LogP contribution is 2.37. The van der Waals surface area contributed by atoms with Gasteiger partial charge in [-0.15, -0.1) is 0 Å². The number of fused-ring (bicyclic) bond motifs is 1. The molecule has 0 spiro atoms. The smallest absolute Gasteiger partial charge is 0.251 e. The molecule has 1 aromatic heterocycles. The number of carbonyl (C=O) groups excluding carboxylic acids is 2. The summed E-state index contributed by atoms with van der Waals surface area (Å²) in [5.41, 5.74) is 4.24. The summed E-state index contributed by atoms with van der Waals surface area (Å²) in [6, 6.07) is 19.5. The molecule has 192 valence electrons. The molecule has 0 bridgehead atoms. The van der Waals surface area contributed by atoms with Gasteiger partial charge < -0.3 is 25.3 Å². The molecule has 1 atom stereocenters. The lowest BCUT2D eigenvalue weighted by Gasteiger charge is -2.40. The predicted molar refractivity (Wildman–Crippen MR) is 147 cm³/mol. The molecular formula is C29H34N6O2. The molecule has 0 radical (unpaired) electrons. The Hall–Kier alpha value is -3.91. The number of pyridine rings is 1. The molecule has 37 heavy (non-hydrogen) atoms. The van der Waals surface area contributed by atoms with Crippen LogP contribution in [0.5, 0.6) is 0 Å². The van der Waals surface area contributed by atoms with Crippen LogP contribution in [0.1, 0.15) is 35.7 Å². The first-order valence-electron chi connectivity index (χ1n) is 12.8. The Morgan fingerprint density at radius 3 is 2.51 bits per heavy atom. The third kappa shape index (κ3) is 5.44. The Bertz CT molecular complexity index is 1270. The van der Waals surface area contributed by atoms with Crippen LogP contribution in [0.15, 0.2) is 66.9 Å². The minimum Gasteiger partial charge on any atom is -0.354 e. The number of amides is 2. The second-order valence-electron chi connectivity index (χ2n) is 10.0. The highest BCUT2D eigenvalue weighted by Gasteiger charge is 2.34. The average molecular weight is 499 g/mol. The summed E-state index contributed by atoms with van der Waals surface area (Å²) in [5.74, 6) is 0.633. The zero-order valence-corrected chi connectivity index (χ0v) is 21.6. The largest absolute Gasteiger partial charge is 0.354 e. The third-order valence-electron chi connectivity index (χ3n) is 7.33. The second-order valence-corrected chi connectivity index (χ2v) is 10.0. The van der Waals surface area contributed by atoms with Gasteiger partial charge in [-0.3, -0.25) is 9.59 Å². The van der Waals surface area contributed by atoms with Gasteiger partial charge in [0.05, 0.1) is 17.6 Å². The molecule has 2 N–H and O–H groups in total. The number of carbonyl (C=O) groups is 2. The fourth-order valence-electron chi connectivity index (χ4n) is 5.05. The van der Waals surface area contributed by atoms with Gasteiger partial charge >= 0.3 is 0 Å². The van der Waals surface area contributed by atoms with E-state index in [9.17, 15) is 9.59 Å². The van der Waals surface area contributed by atoms with Gasteiger partial charge in [-0.1, -0.05) is 36.4 Å². The van der Waals surface area contributed by atoms with Crippen LogP contribution in [-0.4, -0.2) is 61.0 Å². The van der Waals surface area contributed by atoms with Gasteiger partial charge in [0.2, 0.25) is 5.91 Å². The van der Waals surface area contributed by atoms with Crippen molar-refractivity contribution in [2.45, 2.75) is 38.4 Å². The van der Waals surface area contributed by atoms with E-state index in [1.807, 2.05) is 55.5 Å². The van der Waals surface area contributed by atoms with Crippen molar-refractivity contribution in [3.05, 3.63) is 78.0 Å². The molecular weight excluding hydrogens is 464 g/mol. The Labute approximate surface area is 218 Å². The molecule has 0 aliphatic carbocycles. The average Bonchev–Trinajstić information content (AvgIpc) is 2.92. The monoisotopic (exact) mass is 498 g/mol. The minimum absolute atomic E-state index is 0.0364. The molecule has 1 fully saturated rings. The van der Waals surface area contributed by atoms with Crippen LogP contribution in [0, 0.1) is 0 Å². The third-order valence-corrected chi connectivity index (χ3v) is 7.33. The van der Waals surface area contributed by atoms with E-state index in [4.69, 9.17) is 0 Å². The van der Waals surface area contributed by atoms with Crippen molar-refractivity contribution in [2.75, 3.05) is 42.3 Å². The molecule has 3 aromatic rings. The molecule has 2 aliphatic heterocycles. The van der Waals surface area contributed by atoms with Crippen LogP contribution in [0.2, 0.25) is 0 Å². The lowest BCUT2D eigenvalue weighted by Crippen LogP contribution is -2.50. The van der Waals surface area contributed by atoms with E-state index >= 15 is 0 Å². The Kier molecular flexibility index (Phi) is 7.10. The fraction of sp³-hybridized carbons (Fsp3) is 0.345. The van der Waals surface area contributed by atoms with Gasteiger partial charge in [-0.2, -0.15) is 0 Å². The summed E-state index contributed by atoms with van der Waals surface area (Å²) in [6.07, 6.45) is 3.66. The number of benzene rings is 2. The molecule has 3 heterocycles. The van der Waals surface area contributed by atoms with Gasteiger partial charge in [-0.25, -0.2) is 4.98 Å². The van der Waals surface area contributed by atoms with Crippen molar-refractivity contribution in [3.8, 4) is 0 Å². The Morgan fingerprint density at radius 1 is 1.00 bits per heavy atom. The zero-order chi connectivity index (χ0) is 25.9. The normalized spacial score (nSPS) is 18.5. The summed E-state index contributed by atoms with van der Waals surface area (Å²) in [5, 5.41) is 6.53. The quantitative estimate of drug-likeness (QED) is 0.534. The Morgan fingerprint density at radius 2 is 1.76 bits per heavy atom. The summed E-state index contributed by atoms with van der Waals surface area (Å²) in [7, 11) is 3.90. The number of hydrogen-bond acceptors (Lipinski definition) is 6. The van der Waals surface area contributed by atoms with E-state index in [1.54, 1.807) is 18.1 Å². The van der Waals surface area contributed by atoms with E-state index in [0.29, 0.717) is 17.9 Å². The van der Waals surface area contributed by atoms with Crippen molar-refractivity contribution in [2.24, 2.45) is 0 Å². The number of rotatable bonds is 6. The van der Waals surface area contributed by atoms with Crippen molar-refractivity contribution >= 4 is 34.7 Å². The number of aromatic nitrogens is 1. The van der Waals surface area contributed by atoms with Crippen LogP contribution in [0.4, 0.5) is 22.9 Å². The van der Waals surface area contributed by atoms with Crippen molar-refractivity contribution in [1.29, 1.82) is 0 Å². The van der Waals surface area contributed by atoms with Crippen molar-refractivity contribution in [1.82, 2.24) is 15.2 Å². The number of likely N-dealkylation sites (N-methyl/N-ethyl adjacent to an activating group) is 1. The molecule has 2 amide bonds. The van der Waals surface area contributed by atoms with Crippen LogP contribution in [-0.2, 0) is 11.3 Å². The van der Waals surface area contributed by atoms with Crippen molar-refractivity contribution < 1.29 is 9.59 Å². The minimum atomic E-state index is -0.306. The first-order valence-corrected chi connectivity index (χ1v) is 12.8. The summed E-state index contributed by atoms with van der Waals surface area (Å²) < 4.78 is 0. The van der Waals surface area contributed by atoms with E-state index in [0.717, 1.165) is 48.6 Å². The number of nitrogens with one attached hydrogen (secondary N) is 2. The number of anilines is 4. The highest BCUT2D eigenvalue weighted by atomic mass is 16.2. The molecule has 2 aliphatic rings. The first-order chi connectivity index (χ1) is 17.9. The van der Waals surface area contributed by atoms with Crippen LogP contribution in [0.3, 0.4) is 0 Å². The predicted octanol–water partition coefficient (Wildman–Crippen LogP) is 4.02. The fourth-order valence-corrected chi connectivity index (χ4v) is 5.05. The SMILES string of the molecule is CC1C(=O)N(C)c2cnc(Nc3cccc(C(=O)NC4CCN(C)CC4)c3)cc2N1Cc1ccccc1. The Balaban J connectivity index is 1.35. The maximum absolute atomic E-state index is 12.9. The number of likely N-dealkylation sites (tertiary alicyclic amines) is 1. The molecule has 1 saturated heterocycles. The van der Waals surface area contributed by atoms with E-state index in [1.165, 1.54) is 0 Å². The van der Waals surface area contributed by atoms with E-state index in [2.05, 4.69) is 44.6 Å². The topological polar surface area (TPSA) is 80.8 Å². The summed E-state index contributed by atoms with van der Waals surface area (Å²) >= 11 is 0. The van der Waals surface area contributed by atoms with Crippen molar-refractivity contribution in [3.63, 3.8) is 0 Å². The first kappa shape index (κ1) is 24.8. The lowest BCUT2D eigenvalue weighted by molar-refractivity contribution is -0.119. The maximum atomic E-state index is 12.9. The van der Waals surface area contributed by atoms with E-state index in [-0.39, 0.29) is 23.9 Å². The molecule has 2 aromatic carbocycles.